The van der Waals surface area contributed by atoms with E-state index in [-0.39, 0.29) is 18.5 Å². The first kappa shape index (κ1) is 13.2. The molecule has 0 aliphatic carbocycles. The Morgan fingerprint density at radius 2 is 2.18 bits per heavy atom. The van der Waals surface area contributed by atoms with Crippen molar-refractivity contribution in [1.29, 1.82) is 0 Å². The van der Waals surface area contributed by atoms with E-state index in [4.69, 9.17) is 0 Å². The van der Waals surface area contributed by atoms with Gasteiger partial charge in [0.25, 0.3) is 0 Å². The monoisotopic (exact) mass is 237 g/mol. The van der Waals surface area contributed by atoms with Crippen molar-refractivity contribution in [1.82, 2.24) is 15.3 Å². The highest BCUT2D eigenvalue weighted by atomic mass is 16.1. The number of carbonyl (C=O) groups is 1. The molecule has 0 radical (unpaired) electrons. The second kappa shape index (κ2) is 6.67. The van der Waals surface area contributed by atoms with Crippen molar-refractivity contribution >= 4 is 17.7 Å². The highest BCUT2D eigenvalue weighted by molar-refractivity contribution is 5.80. The zero-order chi connectivity index (χ0) is 12.7. The number of amides is 1. The molecule has 6 nitrogen and oxygen atoms in total. The van der Waals surface area contributed by atoms with Crippen molar-refractivity contribution in [3.05, 3.63) is 12.3 Å². The minimum absolute atomic E-state index is 0.0522. The largest absolute Gasteiger partial charge is 0.361 e. The number of anilines is 2. The Balaban J connectivity index is 2.45. The number of nitrogens with zero attached hydrogens (tertiary/aromatic N) is 2. The van der Waals surface area contributed by atoms with Gasteiger partial charge in [0.2, 0.25) is 11.9 Å². The van der Waals surface area contributed by atoms with Gasteiger partial charge in [0, 0.05) is 18.8 Å². The predicted molar refractivity (Wildman–Crippen MR) is 68.0 cm³/mol. The first-order chi connectivity index (χ1) is 8.11. The molecule has 0 spiro atoms. The summed E-state index contributed by atoms with van der Waals surface area (Å²) in [5.74, 6) is 1.14. The fourth-order valence-electron chi connectivity index (χ4n) is 1.24. The average Bonchev–Trinajstić information content (AvgIpc) is 2.26. The first-order valence-corrected chi connectivity index (χ1v) is 5.72. The summed E-state index contributed by atoms with van der Waals surface area (Å²) in [6, 6.07) is 1.87. The first-order valence-electron chi connectivity index (χ1n) is 5.72. The van der Waals surface area contributed by atoms with E-state index in [1.807, 2.05) is 20.8 Å². The topological polar surface area (TPSA) is 78.9 Å². The Kier molecular flexibility index (Phi) is 5.19. The molecular formula is C11H19N5O. The molecule has 0 saturated heterocycles. The van der Waals surface area contributed by atoms with Gasteiger partial charge in [-0.15, -0.1) is 0 Å². The normalized spacial score (nSPS) is 10.1. The molecule has 1 rings (SSSR count). The molecule has 0 aromatic carbocycles. The SMILES string of the molecule is CCNc1nccc(NCC(=O)NC(C)C)n1. The molecule has 0 aliphatic rings. The summed E-state index contributed by atoms with van der Waals surface area (Å²) in [5, 5.41) is 8.74. The van der Waals surface area contributed by atoms with Gasteiger partial charge in [-0.25, -0.2) is 4.98 Å². The second-order valence-corrected chi connectivity index (χ2v) is 3.87. The summed E-state index contributed by atoms with van der Waals surface area (Å²) in [6.07, 6.45) is 1.65. The van der Waals surface area contributed by atoms with Crippen LogP contribution in [0, 0.1) is 0 Å². The second-order valence-electron chi connectivity index (χ2n) is 3.87. The lowest BCUT2D eigenvalue weighted by molar-refractivity contribution is -0.119. The van der Waals surface area contributed by atoms with E-state index in [0.29, 0.717) is 11.8 Å². The van der Waals surface area contributed by atoms with E-state index in [9.17, 15) is 4.79 Å². The van der Waals surface area contributed by atoms with Crippen LogP contribution in [0.4, 0.5) is 11.8 Å². The third kappa shape index (κ3) is 5.14. The van der Waals surface area contributed by atoms with Crippen molar-refractivity contribution in [3.8, 4) is 0 Å². The Bertz CT molecular complexity index is 367. The van der Waals surface area contributed by atoms with Gasteiger partial charge in [0.1, 0.15) is 5.82 Å². The van der Waals surface area contributed by atoms with E-state index in [2.05, 4.69) is 25.9 Å². The molecule has 0 fully saturated rings. The van der Waals surface area contributed by atoms with Gasteiger partial charge >= 0.3 is 0 Å². The zero-order valence-electron chi connectivity index (χ0n) is 10.4. The third-order valence-corrected chi connectivity index (χ3v) is 1.87. The van der Waals surface area contributed by atoms with Gasteiger partial charge in [-0.05, 0) is 26.8 Å². The van der Waals surface area contributed by atoms with Gasteiger partial charge in [-0.2, -0.15) is 4.98 Å². The van der Waals surface area contributed by atoms with Crippen molar-refractivity contribution in [2.45, 2.75) is 26.8 Å². The fourth-order valence-corrected chi connectivity index (χ4v) is 1.24. The number of nitrogens with one attached hydrogen (secondary N) is 3. The van der Waals surface area contributed by atoms with Crippen LogP contribution in [0.25, 0.3) is 0 Å². The number of hydrogen-bond acceptors (Lipinski definition) is 5. The van der Waals surface area contributed by atoms with Crippen LogP contribution in [0.3, 0.4) is 0 Å². The summed E-state index contributed by atoms with van der Waals surface area (Å²) in [5.41, 5.74) is 0. The minimum atomic E-state index is -0.0522. The quantitative estimate of drug-likeness (QED) is 0.683. The number of aromatic nitrogens is 2. The van der Waals surface area contributed by atoms with Crippen molar-refractivity contribution in [2.24, 2.45) is 0 Å². The van der Waals surface area contributed by atoms with Crippen LogP contribution in [0.5, 0.6) is 0 Å². The Hall–Kier alpha value is -1.85. The minimum Gasteiger partial charge on any atom is -0.361 e. The van der Waals surface area contributed by atoms with Crippen molar-refractivity contribution in [3.63, 3.8) is 0 Å². The molecule has 1 amide bonds. The van der Waals surface area contributed by atoms with E-state index in [0.717, 1.165) is 6.54 Å². The Morgan fingerprint density at radius 3 is 2.82 bits per heavy atom. The number of rotatable bonds is 6. The van der Waals surface area contributed by atoms with Crippen LogP contribution in [0.2, 0.25) is 0 Å². The van der Waals surface area contributed by atoms with Gasteiger partial charge in [0.05, 0.1) is 6.54 Å². The van der Waals surface area contributed by atoms with E-state index in [1.165, 1.54) is 0 Å². The molecule has 1 aromatic heterocycles. The van der Waals surface area contributed by atoms with Crippen LogP contribution in [-0.2, 0) is 4.79 Å². The maximum absolute atomic E-state index is 11.4. The summed E-state index contributed by atoms with van der Waals surface area (Å²) < 4.78 is 0. The average molecular weight is 237 g/mol. The van der Waals surface area contributed by atoms with Crippen LogP contribution < -0.4 is 16.0 Å². The molecule has 3 N–H and O–H groups in total. The third-order valence-electron chi connectivity index (χ3n) is 1.87. The summed E-state index contributed by atoms with van der Waals surface area (Å²) in [4.78, 5) is 19.6. The molecule has 1 heterocycles. The molecule has 6 heteroatoms. The maximum Gasteiger partial charge on any atom is 0.239 e. The number of hydrogen-bond donors (Lipinski definition) is 3. The lowest BCUT2D eigenvalue weighted by Gasteiger charge is -2.10. The number of carbonyl (C=O) groups excluding carboxylic acids is 1. The molecule has 0 bridgehead atoms. The van der Waals surface area contributed by atoms with Crippen molar-refractivity contribution in [2.75, 3.05) is 23.7 Å². The van der Waals surface area contributed by atoms with Gasteiger partial charge < -0.3 is 16.0 Å². The van der Waals surface area contributed by atoms with Crippen LogP contribution >= 0.6 is 0 Å². The standard InChI is InChI=1S/C11H19N5O/c1-4-12-11-13-6-5-9(16-11)14-7-10(17)15-8(2)3/h5-6,8H,4,7H2,1-3H3,(H,15,17)(H2,12,13,14,16). The zero-order valence-corrected chi connectivity index (χ0v) is 10.4. The van der Waals surface area contributed by atoms with Gasteiger partial charge in [-0.1, -0.05) is 0 Å². The van der Waals surface area contributed by atoms with Crippen molar-refractivity contribution < 1.29 is 4.79 Å². The maximum atomic E-state index is 11.4. The van der Waals surface area contributed by atoms with Crippen LogP contribution in [0.1, 0.15) is 20.8 Å². The molecule has 0 atom stereocenters. The lowest BCUT2D eigenvalue weighted by Crippen LogP contribution is -2.35. The molecule has 0 saturated carbocycles. The highest BCUT2D eigenvalue weighted by Gasteiger charge is 2.03. The predicted octanol–water partition coefficient (Wildman–Crippen LogP) is 0.845. The summed E-state index contributed by atoms with van der Waals surface area (Å²) >= 11 is 0. The van der Waals surface area contributed by atoms with Crippen LogP contribution in [-0.4, -0.2) is 35.0 Å². The Morgan fingerprint density at radius 1 is 1.41 bits per heavy atom. The van der Waals surface area contributed by atoms with E-state index >= 15 is 0 Å². The van der Waals surface area contributed by atoms with E-state index < -0.39 is 0 Å². The molecular weight excluding hydrogens is 218 g/mol. The van der Waals surface area contributed by atoms with Gasteiger partial charge in [0.15, 0.2) is 0 Å². The van der Waals surface area contributed by atoms with Crippen LogP contribution in [0.15, 0.2) is 12.3 Å². The summed E-state index contributed by atoms with van der Waals surface area (Å²) in [6.45, 7) is 6.79. The fraction of sp³-hybridized carbons (Fsp3) is 0.545. The smallest absolute Gasteiger partial charge is 0.239 e. The molecule has 0 unspecified atom stereocenters. The summed E-state index contributed by atoms with van der Waals surface area (Å²) in [7, 11) is 0. The molecule has 0 aliphatic heterocycles. The Labute approximate surface area is 101 Å². The molecule has 1 aromatic rings. The highest BCUT2D eigenvalue weighted by Crippen LogP contribution is 2.04. The van der Waals surface area contributed by atoms with E-state index in [1.54, 1.807) is 12.3 Å². The molecule has 17 heavy (non-hydrogen) atoms. The molecule has 94 valence electrons. The lowest BCUT2D eigenvalue weighted by atomic mass is 10.4. The van der Waals surface area contributed by atoms with Gasteiger partial charge in [-0.3, -0.25) is 4.79 Å².